The number of likely N-dealkylation sites (tertiary alicyclic amines) is 2. The van der Waals surface area contributed by atoms with Crippen LogP contribution in [0, 0.1) is 5.92 Å². The van der Waals surface area contributed by atoms with Gasteiger partial charge in [0.15, 0.2) is 0 Å². The highest BCUT2D eigenvalue weighted by molar-refractivity contribution is 5.90. The second-order valence-corrected chi connectivity index (χ2v) is 5.69. The Morgan fingerprint density at radius 2 is 1.78 bits per heavy atom. The first-order valence-corrected chi connectivity index (χ1v) is 6.94. The quantitative estimate of drug-likeness (QED) is 0.751. The summed E-state index contributed by atoms with van der Waals surface area (Å²) < 4.78 is 0. The summed E-state index contributed by atoms with van der Waals surface area (Å²) in [5, 5.41) is 9.49. The molecule has 3 fully saturated rings. The Hall–Kier alpha value is -1.10. The van der Waals surface area contributed by atoms with Gasteiger partial charge in [0, 0.05) is 25.6 Å². The lowest BCUT2D eigenvalue weighted by Gasteiger charge is -2.27. The van der Waals surface area contributed by atoms with Crippen LogP contribution in [0.3, 0.4) is 0 Å². The first-order chi connectivity index (χ1) is 8.66. The third-order valence-electron chi connectivity index (χ3n) is 4.22. The van der Waals surface area contributed by atoms with Crippen molar-refractivity contribution in [1.82, 2.24) is 9.80 Å². The number of carbonyl (C=O) groups excluding carboxylic acids is 2. The van der Waals surface area contributed by atoms with Crippen molar-refractivity contribution >= 4 is 11.8 Å². The third-order valence-corrected chi connectivity index (χ3v) is 4.22. The fourth-order valence-corrected chi connectivity index (χ4v) is 3.00. The van der Waals surface area contributed by atoms with Gasteiger partial charge in [-0.25, -0.2) is 0 Å². The summed E-state index contributed by atoms with van der Waals surface area (Å²) in [7, 11) is 0. The highest BCUT2D eigenvalue weighted by Gasteiger charge is 2.42. The fourth-order valence-electron chi connectivity index (χ4n) is 3.00. The smallest absolute Gasteiger partial charge is 0.245 e. The highest BCUT2D eigenvalue weighted by Crippen LogP contribution is 2.34. The minimum absolute atomic E-state index is 0.0399. The Morgan fingerprint density at radius 1 is 1.00 bits per heavy atom. The molecule has 0 aromatic heterocycles. The Labute approximate surface area is 107 Å². The maximum absolute atomic E-state index is 12.4. The third kappa shape index (κ3) is 2.11. The van der Waals surface area contributed by atoms with Crippen molar-refractivity contribution in [2.24, 2.45) is 5.92 Å². The first-order valence-electron chi connectivity index (χ1n) is 6.94. The number of carbonyl (C=O) groups is 2. The number of aliphatic hydroxyl groups excluding tert-OH is 1. The van der Waals surface area contributed by atoms with E-state index in [1.54, 1.807) is 9.80 Å². The topological polar surface area (TPSA) is 60.9 Å². The standard InChI is InChI=1S/C13H20N2O3/c16-10-5-7-14(8-10)13(18)11-2-1-6-15(11)12(17)9-3-4-9/h9-11,16H,1-8H2/t10-,11?/m1/s1. The largest absolute Gasteiger partial charge is 0.391 e. The number of rotatable bonds is 2. The van der Waals surface area contributed by atoms with Gasteiger partial charge in [0.1, 0.15) is 6.04 Å². The molecule has 5 nitrogen and oxygen atoms in total. The molecule has 1 N–H and O–H groups in total. The second kappa shape index (κ2) is 4.53. The number of hydrogen-bond donors (Lipinski definition) is 1. The first kappa shape index (κ1) is 12.0. The van der Waals surface area contributed by atoms with Crippen molar-refractivity contribution in [3.63, 3.8) is 0 Å². The van der Waals surface area contributed by atoms with E-state index in [0.717, 1.165) is 32.2 Å². The van der Waals surface area contributed by atoms with E-state index in [0.29, 0.717) is 19.5 Å². The van der Waals surface area contributed by atoms with Gasteiger partial charge in [-0.15, -0.1) is 0 Å². The van der Waals surface area contributed by atoms with Gasteiger partial charge in [-0.3, -0.25) is 9.59 Å². The van der Waals surface area contributed by atoms with Crippen molar-refractivity contribution < 1.29 is 14.7 Å². The zero-order valence-corrected chi connectivity index (χ0v) is 10.5. The molecule has 1 unspecified atom stereocenters. The minimum Gasteiger partial charge on any atom is -0.391 e. The molecule has 0 spiro atoms. The molecule has 2 saturated heterocycles. The summed E-state index contributed by atoms with van der Waals surface area (Å²) in [6.45, 7) is 1.78. The molecule has 3 rings (SSSR count). The zero-order chi connectivity index (χ0) is 12.7. The predicted octanol–water partition coefficient (Wildman–Crippen LogP) is -0.0194. The number of nitrogens with zero attached hydrogens (tertiary/aromatic N) is 2. The Morgan fingerprint density at radius 3 is 2.39 bits per heavy atom. The minimum atomic E-state index is -0.386. The number of hydrogen-bond acceptors (Lipinski definition) is 3. The average molecular weight is 252 g/mol. The normalized spacial score (nSPS) is 32.1. The summed E-state index contributed by atoms with van der Waals surface area (Å²) in [5.74, 6) is 0.395. The molecule has 0 radical (unpaired) electrons. The van der Waals surface area contributed by atoms with Crippen molar-refractivity contribution in [1.29, 1.82) is 0 Å². The van der Waals surface area contributed by atoms with Gasteiger partial charge in [-0.2, -0.15) is 0 Å². The second-order valence-electron chi connectivity index (χ2n) is 5.69. The van der Waals surface area contributed by atoms with Gasteiger partial charge >= 0.3 is 0 Å². The molecule has 1 aliphatic carbocycles. The predicted molar refractivity (Wildman–Crippen MR) is 64.7 cm³/mol. The molecule has 2 aliphatic heterocycles. The lowest BCUT2D eigenvalue weighted by atomic mass is 10.2. The average Bonchev–Trinajstić information content (AvgIpc) is 2.93. The van der Waals surface area contributed by atoms with Crippen molar-refractivity contribution in [2.45, 2.75) is 44.2 Å². The lowest BCUT2D eigenvalue weighted by molar-refractivity contribution is -0.144. The van der Waals surface area contributed by atoms with Crippen molar-refractivity contribution in [3.8, 4) is 0 Å². The monoisotopic (exact) mass is 252 g/mol. The molecule has 0 bridgehead atoms. The molecular formula is C13H20N2O3. The maximum atomic E-state index is 12.4. The molecular weight excluding hydrogens is 232 g/mol. The molecule has 5 heteroatoms. The van der Waals surface area contributed by atoms with Crippen LogP contribution in [0.15, 0.2) is 0 Å². The number of amides is 2. The number of β-amino-alcohol motifs (C(OH)–C–C–N with tert-alkyl or cyclic N) is 1. The summed E-state index contributed by atoms with van der Waals surface area (Å²) in [5.41, 5.74) is 0. The molecule has 18 heavy (non-hydrogen) atoms. The summed E-state index contributed by atoms with van der Waals surface area (Å²) in [6.07, 6.45) is 3.95. The van der Waals surface area contributed by atoms with Crippen LogP contribution in [0.4, 0.5) is 0 Å². The van der Waals surface area contributed by atoms with Gasteiger partial charge in [0.2, 0.25) is 11.8 Å². The van der Waals surface area contributed by atoms with Crippen LogP contribution in [0.2, 0.25) is 0 Å². The van der Waals surface area contributed by atoms with E-state index in [1.165, 1.54) is 0 Å². The zero-order valence-electron chi connectivity index (χ0n) is 10.5. The van der Waals surface area contributed by atoms with Crippen molar-refractivity contribution in [3.05, 3.63) is 0 Å². The summed E-state index contributed by atoms with van der Waals surface area (Å²) >= 11 is 0. The Kier molecular flexibility index (Phi) is 3.01. The van der Waals surface area contributed by atoms with Crippen LogP contribution in [0.5, 0.6) is 0 Å². The van der Waals surface area contributed by atoms with Gasteiger partial charge in [0.25, 0.3) is 0 Å². The van der Waals surface area contributed by atoms with Crippen molar-refractivity contribution in [2.75, 3.05) is 19.6 Å². The molecule has 2 amide bonds. The van der Waals surface area contributed by atoms with E-state index in [4.69, 9.17) is 0 Å². The van der Waals surface area contributed by atoms with Gasteiger partial charge in [-0.1, -0.05) is 0 Å². The molecule has 2 heterocycles. The Balaban J connectivity index is 1.66. The molecule has 2 atom stereocenters. The Bertz CT molecular complexity index is 367. The van der Waals surface area contributed by atoms with Gasteiger partial charge < -0.3 is 14.9 Å². The maximum Gasteiger partial charge on any atom is 0.245 e. The fraction of sp³-hybridized carbons (Fsp3) is 0.846. The van der Waals surface area contributed by atoms with Crippen LogP contribution in [-0.4, -0.2) is 58.5 Å². The SMILES string of the molecule is O=C(C1CCCN1C(=O)C1CC1)N1CC[C@@H](O)C1. The molecule has 1 saturated carbocycles. The van der Waals surface area contributed by atoms with E-state index in [-0.39, 0.29) is 29.9 Å². The molecule has 0 aromatic carbocycles. The van der Waals surface area contributed by atoms with Crippen LogP contribution in [-0.2, 0) is 9.59 Å². The van der Waals surface area contributed by atoms with Gasteiger partial charge in [-0.05, 0) is 32.1 Å². The molecule has 100 valence electrons. The van der Waals surface area contributed by atoms with Gasteiger partial charge in [0.05, 0.1) is 6.10 Å². The highest BCUT2D eigenvalue weighted by atomic mass is 16.3. The van der Waals surface area contributed by atoms with E-state index in [1.807, 2.05) is 0 Å². The number of aliphatic hydroxyl groups is 1. The van der Waals surface area contributed by atoms with Crippen LogP contribution in [0.1, 0.15) is 32.1 Å². The summed E-state index contributed by atoms with van der Waals surface area (Å²) in [4.78, 5) is 28.0. The van der Waals surface area contributed by atoms with E-state index in [2.05, 4.69) is 0 Å². The lowest BCUT2D eigenvalue weighted by Crippen LogP contribution is -2.47. The van der Waals surface area contributed by atoms with E-state index in [9.17, 15) is 14.7 Å². The molecule has 0 aromatic rings. The van der Waals surface area contributed by atoms with E-state index >= 15 is 0 Å². The van der Waals surface area contributed by atoms with Crippen LogP contribution < -0.4 is 0 Å². The van der Waals surface area contributed by atoms with Crippen LogP contribution in [0.25, 0.3) is 0 Å². The summed E-state index contributed by atoms with van der Waals surface area (Å²) in [6, 6.07) is -0.261. The van der Waals surface area contributed by atoms with E-state index < -0.39 is 0 Å². The molecule has 3 aliphatic rings. The van der Waals surface area contributed by atoms with Crippen LogP contribution >= 0.6 is 0 Å².